The average molecular weight is 581 g/mol. The van der Waals surface area contributed by atoms with Crippen molar-refractivity contribution in [3.05, 3.63) is 83.4 Å². The monoisotopic (exact) mass is 580 g/mol. The minimum atomic E-state index is -1.73. The third-order valence-corrected chi connectivity index (χ3v) is 6.87. The molecule has 220 valence electrons. The summed E-state index contributed by atoms with van der Waals surface area (Å²) in [4.78, 5) is 25.5. The Hall–Kier alpha value is -4.62. The van der Waals surface area contributed by atoms with E-state index in [1.165, 1.54) is 36.4 Å². The van der Waals surface area contributed by atoms with Crippen molar-refractivity contribution in [3.8, 4) is 28.7 Å². The lowest BCUT2D eigenvalue weighted by Gasteiger charge is -2.41. The van der Waals surface area contributed by atoms with Crippen LogP contribution in [0.5, 0.6) is 28.7 Å². The van der Waals surface area contributed by atoms with E-state index >= 15 is 0 Å². The van der Waals surface area contributed by atoms with E-state index in [9.17, 15) is 40.2 Å². The number of aromatic hydroxyl groups is 3. The maximum absolute atomic E-state index is 12.9. The zero-order valence-electron chi connectivity index (χ0n) is 21.9. The van der Waals surface area contributed by atoms with E-state index in [0.29, 0.717) is 11.1 Å². The molecule has 2 heterocycles. The number of carbonyl (C=O) groups excluding carboxylic acids is 2. The molecule has 3 aromatic carbocycles. The molecule has 0 saturated carbocycles. The largest absolute Gasteiger partial charge is 0.508 e. The first-order valence-corrected chi connectivity index (χ1v) is 13.0. The second-order valence-corrected chi connectivity index (χ2v) is 9.79. The molecule has 42 heavy (non-hydrogen) atoms. The molecule has 0 aliphatic carbocycles. The number of benzene rings is 3. The topological polar surface area (TPSA) is 192 Å². The Morgan fingerprint density at radius 1 is 0.952 bits per heavy atom. The fraction of sp³-hybridized carbons (Fsp3) is 0.267. The number of rotatable bonds is 7. The predicted molar refractivity (Wildman–Crippen MR) is 144 cm³/mol. The van der Waals surface area contributed by atoms with Crippen molar-refractivity contribution in [2.45, 2.75) is 43.2 Å². The molecule has 0 spiro atoms. The van der Waals surface area contributed by atoms with Crippen molar-refractivity contribution >= 4 is 17.8 Å². The van der Waals surface area contributed by atoms with Crippen molar-refractivity contribution < 1.29 is 59.2 Å². The number of esters is 1. The summed E-state index contributed by atoms with van der Waals surface area (Å²) >= 11 is 0. The summed E-state index contributed by atoms with van der Waals surface area (Å²) in [5.74, 6) is -1.75. The first-order chi connectivity index (χ1) is 20.1. The van der Waals surface area contributed by atoms with Crippen LogP contribution in [-0.2, 0) is 14.3 Å². The van der Waals surface area contributed by atoms with E-state index < -0.39 is 60.9 Å². The molecule has 3 aromatic rings. The molecule has 0 bridgehead atoms. The molecular formula is C30H28O12. The first kappa shape index (κ1) is 28.9. The van der Waals surface area contributed by atoms with Gasteiger partial charge in [0.2, 0.25) is 6.29 Å². The highest BCUT2D eigenvalue weighted by molar-refractivity contribution is 6.02. The molecule has 1 saturated heterocycles. The summed E-state index contributed by atoms with van der Waals surface area (Å²) in [5.41, 5.74) is 1.12. The fourth-order valence-corrected chi connectivity index (χ4v) is 4.69. The molecule has 0 unspecified atom stereocenters. The van der Waals surface area contributed by atoms with E-state index in [2.05, 4.69) is 0 Å². The summed E-state index contributed by atoms with van der Waals surface area (Å²) in [7, 11) is 0. The molecule has 0 aromatic heterocycles. The van der Waals surface area contributed by atoms with Gasteiger partial charge in [0.05, 0.1) is 13.0 Å². The second kappa shape index (κ2) is 12.1. The number of hydrogen-bond acceptors (Lipinski definition) is 12. The van der Waals surface area contributed by atoms with E-state index in [1.807, 2.05) is 0 Å². The smallest absolute Gasteiger partial charge is 0.331 e. The van der Waals surface area contributed by atoms with Crippen LogP contribution in [0, 0.1) is 0 Å². The summed E-state index contributed by atoms with van der Waals surface area (Å²) in [5, 5.41) is 60.4. The Morgan fingerprint density at radius 3 is 2.29 bits per heavy atom. The van der Waals surface area contributed by atoms with Gasteiger partial charge < -0.3 is 49.6 Å². The van der Waals surface area contributed by atoms with Gasteiger partial charge in [-0.3, -0.25) is 4.79 Å². The van der Waals surface area contributed by atoms with Gasteiger partial charge in [0.25, 0.3) is 0 Å². The van der Waals surface area contributed by atoms with Gasteiger partial charge in [0.15, 0.2) is 11.9 Å². The zero-order valence-corrected chi connectivity index (χ0v) is 21.9. The fourth-order valence-electron chi connectivity index (χ4n) is 4.69. The van der Waals surface area contributed by atoms with Gasteiger partial charge in [-0.1, -0.05) is 24.3 Å². The SMILES string of the molecule is O=C(/C=C/c1ccc(O)cc1)O[C@H]1[C@H](Oc2cc(O)c3c(c2)O[C@@H](c2ccc(O)cc2)CC3=O)O[C@H](CO)[C@@H](O)[C@@H]1O. The first-order valence-electron chi connectivity index (χ1n) is 13.0. The number of fused-ring (bicyclic) bond motifs is 1. The quantitative estimate of drug-likeness (QED) is 0.176. The number of aliphatic hydroxyl groups is 3. The molecule has 1 fully saturated rings. The normalized spacial score (nSPS) is 25.5. The third kappa shape index (κ3) is 6.16. The molecule has 2 aliphatic heterocycles. The third-order valence-electron chi connectivity index (χ3n) is 6.87. The minimum absolute atomic E-state index is 0.000184. The van der Waals surface area contributed by atoms with Crippen LogP contribution in [0.25, 0.3) is 6.08 Å². The number of Topliss-reactive ketones (excluding diaryl/α,β-unsaturated/α-hetero) is 1. The van der Waals surface area contributed by atoms with Crippen LogP contribution < -0.4 is 9.47 Å². The Bertz CT molecular complexity index is 1470. The van der Waals surface area contributed by atoms with Gasteiger partial charge in [0.1, 0.15) is 58.7 Å². The Kier molecular flexibility index (Phi) is 8.31. The van der Waals surface area contributed by atoms with Crippen LogP contribution in [0.4, 0.5) is 0 Å². The van der Waals surface area contributed by atoms with Gasteiger partial charge in [-0.2, -0.15) is 0 Å². The molecule has 2 aliphatic rings. The van der Waals surface area contributed by atoms with Crippen LogP contribution in [0.1, 0.15) is 34.0 Å². The van der Waals surface area contributed by atoms with Crippen molar-refractivity contribution in [1.82, 2.24) is 0 Å². The molecule has 12 nitrogen and oxygen atoms in total. The summed E-state index contributed by atoms with van der Waals surface area (Å²) < 4.78 is 22.7. The van der Waals surface area contributed by atoms with Gasteiger partial charge in [-0.25, -0.2) is 4.79 Å². The Balaban J connectivity index is 1.38. The predicted octanol–water partition coefficient (Wildman–Crippen LogP) is 1.95. The lowest BCUT2D eigenvalue weighted by atomic mass is 9.95. The maximum Gasteiger partial charge on any atom is 0.331 e. The van der Waals surface area contributed by atoms with Crippen LogP contribution in [0.3, 0.4) is 0 Å². The van der Waals surface area contributed by atoms with Gasteiger partial charge in [-0.05, 0) is 41.5 Å². The van der Waals surface area contributed by atoms with Crippen molar-refractivity contribution in [1.29, 1.82) is 0 Å². The molecule has 6 atom stereocenters. The molecule has 6 N–H and O–H groups in total. The standard InChI is InChI=1S/C30H28O12/c31-14-24-27(37)28(38)29(42-25(36)10-3-15-1-6-17(32)7-2-15)30(41-24)39-19-11-20(34)26-21(35)13-22(40-23(26)12-19)16-4-8-18(33)9-5-16/h1-12,22,24,27-34,37-38H,13-14H2/b10-3+/t22-,24-,27-,28+,29-,30-/m1/s1. The number of carbonyl (C=O) groups is 2. The minimum Gasteiger partial charge on any atom is -0.508 e. The highest BCUT2D eigenvalue weighted by atomic mass is 16.7. The number of ketones is 1. The van der Waals surface area contributed by atoms with E-state index in [0.717, 1.165) is 12.1 Å². The maximum atomic E-state index is 12.9. The van der Waals surface area contributed by atoms with Crippen molar-refractivity contribution in [2.24, 2.45) is 0 Å². The summed E-state index contributed by atoms with van der Waals surface area (Å²) in [6, 6.07) is 14.5. The molecule has 0 amide bonds. The molecule has 0 radical (unpaired) electrons. The number of aliphatic hydroxyl groups excluding tert-OH is 3. The van der Waals surface area contributed by atoms with Gasteiger partial charge in [-0.15, -0.1) is 0 Å². The van der Waals surface area contributed by atoms with Crippen LogP contribution in [0.2, 0.25) is 0 Å². The number of phenolic OH excluding ortho intramolecular Hbond substituents is 3. The molecule has 5 rings (SSSR count). The van der Waals surface area contributed by atoms with Crippen molar-refractivity contribution in [2.75, 3.05) is 6.61 Å². The van der Waals surface area contributed by atoms with Gasteiger partial charge >= 0.3 is 5.97 Å². The zero-order chi connectivity index (χ0) is 30.0. The Morgan fingerprint density at radius 2 is 1.62 bits per heavy atom. The molecule has 12 heteroatoms. The van der Waals surface area contributed by atoms with E-state index in [1.54, 1.807) is 24.3 Å². The highest BCUT2D eigenvalue weighted by Gasteiger charge is 2.48. The van der Waals surface area contributed by atoms with Crippen molar-refractivity contribution in [3.63, 3.8) is 0 Å². The van der Waals surface area contributed by atoms with Crippen LogP contribution >= 0.6 is 0 Å². The average Bonchev–Trinajstić information content (AvgIpc) is 2.96. The van der Waals surface area contributed by atoms with Gasteiger partial charge in [0, 0.05) is 18.2 Å². The lowest BCUT2D eigenvalue weighted by molar-refractivity contribution is -0.281. The van der Waals surface area contributed by atoms with E-state index in [-0.39, 0.29) is 35.0 Å². The number of phenols is 3. The summed E-state index contributed by atoms with van der Waals surface area (Å²) in [6.45, 7) is -0.694. The molecular weight excluding hydrogens is 552 g/mol. The summed E-state index contributed by atoms with van der Waals surface area (Å²) in [6.07, 6.45) is -6.09. The second-order valence-electron chi connectivity index (χ2n) is 9.79. The number of ether oxygens (including phenoxy) is 4. The Labute approximate surface area is 239 Å². The highest BCUT2D eigenvalue weighted by Crippen LogP contribution is 2.42. The van der Waals surface area contributed by atoms with E-state index in [4.69, 9.17) is 18.9 Å². The lowest BCUT2D eigenvalue weighted by Crippen LogP contribution is -2.61. The van der Waals surface area contributed by atoms with Crippen LogP contribution in [0.15, 0.2) is 66.7 Å². The van der Waals surface area contributed by atoms with Crippen LogP contribution in [-0.4, -0.2) is 79.7 Å². The number of hydrogen-bond donors (Lipinski definition) is 6.